The Bertz CT molecular complexity index is 552. The van der Waals surface area contributed by atoms with Crippen LogP contribution in [0.25, 0.3) is 0 Å². The highest BCUT2D eigenvalue weighted by atomic mass is 16.5. The number of carbonyl (C=O) groups is 1. The molecule has 0 spiro atoms. The van der Waals surface area contributed by atoms with Crippen LogP contribution < -0.4 is 20.3 Å². The lowest BCUT2D eigenvalue weighted by atomic mass is 10.0. The van der Waals surface area contributed by atoms with Gasteiger partial charge in [-0.3, -0.25) is 4.79 Å². The number of aliphatic hydroxyl groups excluding tert-OH is 1. The zero-order valence-electron chi connectivity index (χ0n) is 13.5. The molecule has 2 saturated heterocycles. The second kappa shape index (κ2) is 7.19. The number of aliphatic hydroxyl groups is 1. The highest BCUT2D eigenvalue weighted by Crippen LogP contribution is 2.24. The van der Waals surface area contributed by atoms with Gasteiger partial charge in [0.1, 0.15) is 5.75 Å². The number of nitrogens with one attached hydrogen (secondary N) is 2. The average molecular weight is 319 g/mol. The number of rotatable bonds is 4. The van der Waals surface area contributed by atoms with E-state index in [-0.39, 0.29) is 18.0 Å². The number of benzene rings is 1. The van der Waals surface area contributed by atoms with Crippen molar-refractivity contribution >= 4 is 11.6 Å². The van der Waals surface area contributed by atoms with Gasteiger partial charge in [-0.05, 0) is 31.4 Å². The first kappa shape index (κ1) is 16.1. The summed E-state index contributed by atoms with van der Waals surface area (Å²) in [6.45, 7) is 2.28. The summed E-state index contributed by atoms with van der Waals surface area (Å²) in [5, 5.41) is 15.7. The summed E-state index contributed by atoms with van der Waals surface area (Å²) in [6, 6.07) is 7.89. The zero-order chi connectivity index (χ0) is 16.2. The molecule has 0 aliphatic carbocycles. The Morgan fingerprint density at radius 2 is 2.35 bits per heavy atom. The third kappa shape index (κ3) is 3.95. The molecule has 0 radical (unpaired) electrons. The molecule has 3 atom stereocenters. The summed E-state index contributed by atoms with van der Waals surface area (Å²) < 4.78 is 5.29. The number of methoxy groups -OCH3 is 1. The van der Waals surface area contributed by atoms with E-state index in [4.69, 9.17) is 4.74 Å². The molecule has 0 aromatic heterocycles. The van der Waals surface area contributed by atoms with E-state index >= 15 is 0 Å². The first-order valence-corrected chi connectivity index (χ1v) is 8.26. The minimum absolute atomic E-state index is 0.000887. The molecule has 23 heavy (non-hydrogen) atoms. The number of carbonyl (C=O) groups excluding carboxylic acids is 1. The Kier molecular flexibility index (Phi) is 5.03. The van der Waals surface area contributed by atoms with Crippen molar-refractivity contribution in [2.45, 2.75) is 37.5 Å². The van der Waals surface area contributed by atoms with Gasteiger partial charge in [0.2, 0.25) is 5.91 Å². The summed E-state index contributed by atoms with van der Waals surface area (Å²) >= 11 is 0. The number of anilines is 1. The molecule has 0 unspecified atom stereocenters. The average Bonchev–Trinajstić information content (AvgIpc) is 3.02. The van der Waals surface area contributed by atoms with Crippen LogP contribution in [-0.2, 0) is 4.79 Å². The zero-order valence-corrected chi connectivity index (χ0v) is 13.5. The fourth-order valence-electron chi connectivity index (χ4n) is 3.36. The van der Waals surface area contributed by atoms with E-state index in [9.17, 15) is 9.90 Å². The minimum Gasteiger partial charge on any atom is -0.497 e. The molecule has 2 aliphatic heterocycles. The standard InChI is InChI=1S/C17H25N3O3/c1-23-15-6-2-5-13(8-15)20-7-3-4-12(11-20)19-17(22)16-9-14(21)10-18-16/h2,5-6,8,12,14,16,18,21H,3-4,7,9-11H2,1H3,(H,19,22)/t12-,14+,16-/m0/s1. The topological polar surface area (TPSA) is 73.8 Å². The van der Waals surface area contributed by atoms with Crippen molar-refractivity contribution < 1.29 is 14.6 Å². The van der Waals surface area contributed by atoms with E-state index in [1.165, 1.54) is 0 Å². The van der Waals surface area contributed by atoms with Crippen LogP contribution in [0.2, 0.25) is 0 Å². The molecular weight excluding hydrogens is 294 g/mol. The number of nitrogens with zero attached hydrogens (tertiary/aromatic N) is 1. The summed E-state index contributed by atoms with van der Waals surface area (Å²) in [4.78, 5) is 14.6. The molecule has 2 heterocycles. The Morgan fingerprint density at radius 3 is 3.09 bits per heavy atom. The number of β-amino-alcohol motifs (C(OH)–C–C–N with tert-alkyl or cyclic N) is 1. The van der Waals surface area contributed by atoms with Gasteiger partial charge in [-0.2, -0.15) is 0 Å². The maximum Gasteiger partial charge on any atom is 0.237 e. The number of ether oxygens (including phenoxy) is 1. The van der Waals surface area contributed by atoms with Crippen molar-refractivity contribution in [1.29, 1.82) is 0 Å². The van der Waals surface area contributed by atoms with Gasteiger partial charge in [0.25, 0.3) is 0 Å². The predicted octanol–water partition coefficient (Wildman–Crippen LogP) is 0.503. The Hall–Kier alpha value is -1.79. The lowest BCUT2D eigenvalue weighted by Gasteiger charge is -2.35. The van der Waals surface area contributed by atoms with Crippen molar-refractivity contribution in [2.75, 3.05) is 31.6 Å². The molecule has 3 N–H and O–H groups in total. The van der Waals surface area contributed by atoms with Crippen LogP contribution in [0.15, 0.2) is 24.3 Å². The monoisotopic (exact) mass is 319 g/mol. The molecule has 0 saturated carbocycles. The molecule has 0 bridgehead atoms. The normalized spacial score (nSPS) is 27.7. The van der Waals surface area contributed by atoms with Crippen LogP contribution >= 0.6 is 0 Å². The second-order valence-corrected chi connectivity index (χ2v) is 6.35. The van der Waals surface area contributed by atoms with Gasteiger partial charge in [-0.15, -0.1) is 0 Å². The maximum absolute atomic E-state index is 12.3. The highest BCUT2D eigenvalue weighted by Gasteiger charge is 2.30. The molecule has 2 fully saturated rings. The molecule has 1 aromatic rings. The van der Waals surface area contributed by atoms with Crippen LogP contribution in [-0.4, -0.2) is 55.9 Å². The Morgan fingerprint density at radius 1 is 1.48 bits per heavy atom. The van der Waals surface area contributed by atoms with Crippen molar-refractivity contribution in [1.82, 2.24) is 10.6 Å². The Labute approximate surface area is 136 Å². The molecule has 6 nitrogen and oxygen atoms in total. The van der Waals surface area contributed by atoms with E-state index in [0.29, 0.717) is 13.0 Å². The fraction of sp³-hybridized carbons (Fsp3) is 0.588. The van der Waals surface area contributed by atoms with Crippen LogP contribution in [0.3, 0.4) is 0 Å². The highest BCUT2D eigenvalue weighted by molar-refractivity contribution is 5.82. The molecule has 126 valence electrons. The quantitative estimate of drug-likeness (QED) is 0.754. The van der Waals surface area contributed by atoms with E-state index < -0.39 is 6.10 Å². The smallest absolute Gasteiger partial charge is 0.237 e. The van der Waals surface area contributed by atoms with Gasteiger partial charge < -0.3 is 25.4 Å². The second-order valence-electron chi connectivity index (χ2n) is 6.35. The third-order valence-corrected chi connectivity index (χ3v) is 4.61. The van der Waals surface area contributed by atoms with E-state index in [1.807, 2.05) is 18.2 Å². The summed E-state index contributed by atoms with van der Waals surface area (Å²) in [5.74, 6) is 0.844. The van der Waals surface area contributed by atoms with Crippen molar-refractivity contribution in [3.05, 3.63) is 24.3 Å². The van der Waals surface area contributed by atoms with Crippen molar-refractivity contribution in [3.63, 3.8) is 0 Å². The van der Waals surface area contributed by atoms with Gasteiger partial charge in [-0.1, -0.05) is 6.07 Å². The summed E-state index contributed by atoms with van der Waals surface area (Å²) in [6.07, 6.45) is 2.12. The van der Waals surface area contributed by atoms with Gasteiger partial charge in [0.15, 0.2) is 0 Å². The molecule has 1 aromatic carbocycles. The largest absolute Gasteiger partial charge is 0.497 e. The van der Waals surface area contributed by atoms with Crippen molar-refractivity contribution in [2.24, 2.45) is 0 Å². The number of hydrogen-bond donors (Lipinski definition) is 3. The first-order chi connectivity index (χ1) is 11.2. The molecule has 3 rings (SSSR count). The van der Waals surface area contributed by atoms with Gasteiger partial charge in [-0.25, -0.2) is 0 Å². The van der Waals surface area contributed by atoms with E-state index in [0.717, 1.165) is 37.4 Å². The molecule has 6 heteroatoms. The lowest BCUT2D eigenvalue weighted by molar-refractivity contribution is -0.123. The van der Waals surface area contributed by atoms with Crippen LogP contribution in [0, 0.1) is 0 Å². The minimum atomic E-state index is -0.412. The summed E-state index contributed by atoms with van der Waals surface area (Å²) in [7, 11) is 1.67. The molecule has 1 amide bonds. The van der Waals surface area contributed by atoms with Gasteiger partial charge in [0.05, 0.1) is 19.3 Å². The van der Waals surface area contributed by atoms with Gasteiger partial charge in [0, 0.05) is 37.4 Å². The van der Waals surface area contributed by atoms with E-state index in [1.54, 1.807) is 7.11 Å². The molecular formula is C17H25N3O3. The van der Waals surface area contributed by atoms with Crippen LogP contribution in [0.4, 0.5) is 5.69 Å². The number of hydrogen-bond acceptors (Lipinski definition) is 5. The predicted molar refractivity (Wildman–Crippen MR) is 88.8 cm³/mol. The first-order valence-electron chi connectivity index (χ1n) is 8.26. The van der Waals surface area contributed by atoms with Crippen molar-refractivity contribution in [3.8, 4) is 5.75 Å². The lowest BCUT2D eigenvalue weighted by Crippen LogP contribution is -2.51. The van der Waals surface area contributed by atoms with E-state index in [2.05, 4.69) is 21.6 Å². The third-order valence-electron chi connectivity index (χ3n) is 4.61. The van der Waals surface area contributed by atoms with Crippen LogP contribution in [0.1, 0.15) is 19.3 Å². The number of piperidine rings is 1. The Balaban J connectivity index is 1.58. The number of amides is 1. The summed E-state index contributed by atoms with van der Waals surface area (Å²) in [5.41, 5.74) is 1.12. The SMILES string of the molecule is COc1cccc(N2CCC[C@H](NC(=O)[C@@H]3C[C@@H](O)CN3)C2)c1. The fourth-order valence-corrected chi connectivity index (χ4v) is 3.36. The van der Waals surface area contributed by atoms with Gasteiger partial charge >= 0.3 is 0 Å². The maximum atomic E-state index is 12.3. The molecule has 2 aliphatic rings. The van der Waals surface area contributed by atoms with Crippen LogP contribution in [0.5, 0.6) is 5.75 Å².